The number of ether oxygens (including phenoxy) is 1. The molecule has 2 N–H and O–H groups in total. The van der Waals surface area contributed by atoms with Gasteiger partial charge in [-0.25, -0.2) is 0 Å². The molecule has 10 nitrogen and oxygen atoms in total. The summed E-state index contributed by atoms with van der Waals surface area (Å²) in [6, 6.07) is 6.50. The van der Waals surface area contributed by atoms with Crippen LogP contribution in [0.15, 0.2) is 24.3 Å². The molecule has 0 atom stereocenters. The van der Waals surface area contributed by atoms with Gasteiger partial charge in [0.15, 0.2) is 0 Å². The molecule has 1 rings (SSSR count). The van der Waals surface area contributed by atoms with Crippen LogP contribution in [0.5, 0.6) is 0 Å². The Bertz CT molecular complexity index is 790. The summed E-state index contributed by atoms with van der Waals surface area (Å²) < 4.78 is 5.26. The van der Waals surface area contributed by atoms with E-state index in [1.54, 1.807) is 24.3 Å². The Morgan fingerprint density at radius 2 is 1.59 bits per heavy atom. The molecule has 0 heterocycles. The molecule has 1 aromatic rings. The van der Waals surface area contributed by atoms with E-state index in [1.807, 2.05) is 0 Å². The van der Waals surface area contributed by atoms with Gasteiger partial charge in [-0.1, -0.05) is 24.3 Å². The molecule has 34 heavy (non-hydrogen) atoms. The molecule has 0 aliphatic rings. The fraction of sp³-hybridized carbons (Fsp3) is 0.500. The second kappa shape index (κ2) is 22.5. The van der Waals surface area contributed by atoms with Crippen molar-refractivity contribution in [2.75, 3.05) is 33.4 Å². The zero-order valence-corrected chi connectivity index (χ0v) is 30.3. The number of nitrogens with one attached hydrogen (secondary N) is 2. The molecule has 0 radical (unpaired) electrons. The van der Waals surface area contributed by atoms with Crippen molar-refractivity contribution < 1.29 is 145 Å². The van der Waals surface area contributed by atoms with E-state index in [9.17, 15) is 24.0 Å². The van der Waals surface area contributed by atoms with E-state index in [4.69, 9.17) is 4.74 Å². The van der Waals surface area contributed by atoms with Crippen LogP contribution in [-0.4, -0.2) is 62.8 Å². The van der Waals surface area contributed by atoms with Crippen LogP contribution in [0, 0.1) is 0 Å². The number of nitrogens with zero attached hydrogens (tertiary/aromatic N) is 2. The standard InChI is InChI=1S/C22H32N4O6.2Rb/c1-16(27)4-3-12-32-13-11-25-21(30)15-22(31)26-18-7-5-17(6-8-18)14-20(29)24-10-9-19(28)23-2;;/h5-8H,3-4,9-15H2,1-2H3,(H4,23,24,25,26,28,29,30,31);;/q;2*+1/p-2. The molecule has 0 aliphatic heterocycles. The first-order valence-electron chi connectivity index (χ1n) is 10.4. The Kier molecular flexibility index (Phi) is 24.2. The van der Waals surface area contributed by atoms with E-state index in [1.165, 1.54) is 14.0 Å². The maximum absolute atomic E-state index is 11.9. The van der Waals surface area contributed by atoms with Gasteiger partial charge in [-0.15, -0.1) is 12.2 Å². The molecule has 0 fully saturated rings. The Morgan fingerprint density at radius 3 is 2.21 bits per heavy atom. The topological polar surface area (TPSA) is 147 Å². The zero-order valence-electron chi connectivity index (χ0n) is 20.5. The van der Waals surface area contributed by atoms with Gasteiger partial charge in [0.25, 0.3) is 0 Å². The Balaban J connectivity index is 0. The second-order valence-electron chi connectivity index (χ2n) is 6.99. The summed E-state index contributed by atoms with van der Waals surface area (Å²) in [7, 11) is 1.53. The maximum Gasteiger partial charge on any atom is 1.00 e. The Hall–Kier alpha value is 0.340. The van der Waals surface area contributed by atoms with Crippen molar-refractivity contribution in [2.45, 2.75) is 39.0 Å². The molecule has 0 aliphatic carbocycles. The van der Waals surface area contributed by atoms with Crippen molar-refractivity contribution in [1.82, 2.24) is 10.6 Å². The molecule has 1 aromatic carbocycles. The number of benzene rings is 1. The fourth-order valence-electron chi connectivity index (χ4n) is 2.51. The minimum Gasteiger partial charge on any atom is -0.651 e. The molecular weight excluding hydrogens is 587 g/mol. The van der Waals surface area contributed by atoms with E-state index < -0.39 is 18.2 Å². The summed E-state index contributed by atoms with van der Waals surface area (Å²) in [5, 5.41) is 12.7. The predicted octanol–water partition coefficient (Wildman–Crippen LogP) is -4.30. The van der Waals surface area contributed by atoms with E-state index in [0.717, 1.165) is 5.56 Å². The second-order valence-corrected chi connectivity index (χ2v) is 6.99. The van der Waals surface area contributed by atoms with Crippen LogP contribution < -0.4 is 127 Å². The summed E-state index contributed by atoms with van der Waals surface area (Å²) >= 11 is 0. The van der Waals surface area contributed by atoms with Crippen molar-refractivity contribution in [3.8, 4) is 0 Å². The summed E-state index contributed by atoms with van der Waals surface area (Å²) in [5.41, 5.74) is 1.10. The minimum absolute atomic E-state index is 0. The van der Waals surface area contributed by atoms with Gasteiger partial charge < -0.3 is 40.4 Å². The molecule has 0 spiro atoms. The molecule has 176 valence electrons. The number of carbonyl (C=O) groups is 5. The van der Waals surface area contributed by atoms with Crippen molar-refractivity contribution in [1.29, 1.82) is 0 Å². The van der Waals surface area contributed by atoms with Crippen LogP contribution in [-0.2, 0) is 35.1 Å². The molecule has 0 aromatic heterocycles. The molecule has 4 amide bonds. The zero-order chi connectivity index (χ0) is 23.8. The minimum atomic E-state index is -0.610. The van der Waals surface area contributed by atoms with Crippen LogP contribution in [0.3, 0.4) is 0 Å². The number of carbonyl (C=O) groups excluding carboxylic acids is 5. The molecule has 0 saturated carbocycles. The predicted molar refractivity (Wildman–Crippen MR) is 118 cm³/mol. The molecule has 0 bridgehead atoms. The van der Waals surface area contributed by atoms with Crippen molar-refractivity contribution >= 4 is 35.1 Å². The van der Waals surface area contributed by atoms with Crippen LogP contribution in [0.25, 0.3) is 10.6 Å². The molecule has 0 unspecified atom stereocenters. The van der Waals surface area contributed by atoms with Gasteiger partial charge in [-0.3, -0.25) is 9.59 Å². The summed E-state index contributed by atoms with van der Waals surface area (Å²) in [6.07, 6.45) is 0.998. The van der Waals surface area contributed by atoms with Gasteiger partial charge in [-0.2, -0.15) is 0 Å². The SMILES string of the molecule is CNC(=O)CCNC(=O)Cc1ccc([N-]C(=O)CC(=O)[N-]CCOCCCC(C)=O)cc1.[Rb+].[Rb+]. The van der Waals surface area contributed by atoms with Crippen molar-refractivity contribution in [3.05, 3.63) is 40.5 Å². The third-order valence-electron chi connectivity index (χ3n) is 4.15. The number of hydrogen-bond donors (Lipinski definition) is 2. The van der Waals surface area contributed by atoms with Gasteiger partial charge in [0.1, 0.15) is 5.78 Å². The third kappa shape index (κ3) is 19.5. The Morgan fingerprint density at radius 1 is 0.912 bits per heavy atom. The monoisotopic (exact) mass is 616 g/mol. The first-order valence-corrected chi connectivity index (χ1v) is 10.4. The first kappa shape index (κ1) is 36.5. The largest absolute Gasteiger partial charge is 1.00 e. The number of Topliss-reactive ketones (excluding diaryl/α,β-unsaturated/α-hetero) is 1. The van der Waals surface area contributed by atoms with Gasteiger partial charge in [-0.05, 0) is 18.9 Å². The fourth-order valence-corrected chi connectivity index (χ4v) is 2.51. The van der Waals surface area contributed by atoms with Gasteiger partial charge in [0.05, 0.1) is 18.2 Å². The van der Waals surface area contributed by atoms with Gasteiger partial charge in [0, 0.05) is 46.1 Å². The number of amides is 4. The smallest absolute Gasteiger partial charge is 0.651 e. The van der Waals surface area contributed by atoms with E-state index in [0.29, 0.717) is 25.1 Å². The third-order valence-corrected chi connectivity index (χ3v) is 4.15. The van der Waals surface area contributed by atoms with Crippen LogP contribution in [0.1, 0.15) is 38.2 Å². The molecule has 0 saturated heterocycles. The quantitative estimate of drug-likeness (QED) is 0.151. The van der Waals surface area contributed by atoms with Gasteiger partial charge >= 0.3 is 116 Å². The van der Waals surface area contributed by atoms with Gasteiger partial charge in [0.2, 0.25) is 11.8 Å². The Labute approximate surface area is 298 Å². The summed E-state index contributed by atoms with van der Waals surface area (Å²) in [6.45, 7) is 2.58. The van der Waals surface area contributed by atoms with E-state index >= 15 is 0 Å². The van der Waals surface area contributed by atoms with Crippen molar-refractivity contribution in [3.63, 3.8) is 0 Å². The van der Waals surface area contributed by atoms with E-state index in [-0.39, 0.29) is 167 Å². The number of rotatable bonds is 15. The van der Waals surface area contributed by atoms with Crippen molar-refractivity contribution in [2.24, 2.45) is 0 Å². The molecular formula is C22H30N4O6Rb2. The number of hydrogen-bond acceptors (Lipinski definition) is 6. The molecule has 12 heteroatoms. The van der Waals surface area contributed by atoms with Crippen LogP contribution >= 0.6 is 0 Å². The average molecular weight is 617 g/mol. The summed E-state index contributed by atoms with van der Waals surface area (Å²) in [4.78, 5) is 57.4. The van der Waals surface area contributed by atoms with E-state index in [2.05, 4.69) is 21.3 Å². The van der Waals surface area contributed by atoms with Crippen LogP contribution in [0.4, 0.5) is 5.69 Å². The van der Waals surface area contributed by atoms with Crippen LogP contribution in [0.2, 0.25) is 0 Å². The normalized spacial score (nSPS) is 9.59. The first-order chi connectivity index (χ1) is 15.3. The number of ketones is 1. The maximum atomic E-state index is 11.9. The average Bonchev–Trinajstić information content (AvgIpc) is 2.74. The summed E-state index contributed by atoms with van der Waals surface area (Å²) in [5.74, 6) is -1.45.